The molecular formula is C19H20BrClFN5O2S2. The summed E-state index contributed by atoms with van der Waals surface area (Å²) >= 11 is 12.0. The number of nitrogens with zero attached hydrogens (tertiary/aromatic N) is 2. The number of anilines is 1. The van der Waals surface area contributed by atoms with Gasteiger partial charge in [-0.15, -0.1) is 11.3 Å². The molecule has 1 aromatic heterocycles. The number of amides is 2. The number of rotatable bonds is 4. The van der Waals surface area contributed by atoms with E-state index in [1.807, 2.05) is 0 Å². The summed E-state index contributed by atoms with van der Waals surface area (Å²) in [5, 5.41) is 5.81. The van der Waals surface area contributed by atoms with Crippen molar-refractivity contribution >= 4 is 68.5 Å². The molecule has 0 saturated carbocycles. The van der Waals surface area contributed by atoms with Crippen LogP contribution in [0, 0.1) is 5.82 Å². The van der Waals surface area contributed by atoms with Gasteiger partial charge in [0.15, 0.2) is 3.92 Å². The highest BCUT2D eigenvalue weighted by Crippen LogP contribution is 2.36. The van der Waals surface area contributed by atoms with Gasteiger partial charge in [-0.25, -0.2) is 18.4 Å². The Morgan fingerprint density at radius 3 is 2.97 bits per heavy atom. The van der Waals surface area contributed by atoms with E-state index in [0.717, 1.165) is 33.8 Å². The summed E-state index contributed by atoms with van der Waals surface area (Å²) in [6.45, 7) is 0. The van der Waals surface area contributed by atoms with Gasteiger partial charge in [-0.2, -0.15) is 0 Å². The molecule has 1 saturated heterocycles. The van der Waals surface area contributed by atoms with Gasteiger partial charge in [0, 0.05) is 17.8 Å². The van der Waals surface area contributed by atoms with Crippen LogP contribution < -0.4 is 15.4 Å². The molecule has 7 nitrogen and oxygen atoms in total. The van der Waals surface area contributed by atoms with Crippen LogP contribution in [0.1, 0.15) is 35.9 Å². The number of hydrogen-bond donors (Lipinski definition) is 3. The molecule has 166 valence electrons. The average Bonchev–Trinajstić information content (AvgIpc) is 3.12. The fourth-order valence-electron chi connectivity index (χ4n) is 3.66. The van der Waals surface area contributed by atoms with E-state index in [0.29, 0.717) is 12.1 Å². The summed E-state index contributed by atoms with van der Waals surface area (Å²) < 4.78 is 19.1. The first-order valence-electron chi connectivity index (χ1n) is 9.68. The lowest BCUT2D eigenvalue weighted by Crippen LogP contribution is -2.54. The number of carbonyl (C=O) groups excluding carboxylic acids is 2. The molecule has 2 amide bonds. The molecule has 0 bridgehead atoms. The number of fused-ring (bicyclic) bond motifs is 1. The second-order valence-corrected chi connectivity index (χ2v) is 11.1. The minimum atomic E-state index is -0.551. The fourth-order valence-corrected chi connectivity index (χ4v) is 6.31. The monoisotopic (exact) mass is 547 g/mol. The lowest BCUT2D eigenvalue weighted by atomic mass is 9.97. The van der Waals surface area contributed by atoms with Crippen LogP contribution in [0.4, 0.5) is 10.1 Å². The van der Waals surface area contributed by atoms with Gasteiger partial charge in [0.1, 0.15) is 11.9 Å². The maximum atomic E-state index is 13.4. The van der Waals surface area contributed by atoms with Crippen molar-refractivity contribution in [2.75, 3.05) is 12.4 Å². The largest absolute Gasteiger partial charge is 0.347 e. The third kappa shape index (κ3) is 5.23. The standard InChI is InChI=1S/C19H20BrClFN5O2S2/c1-27-15(18(29)23-9-5-6-11(22)10(21)7-9)8-14(26-31-27)17(28)24-12-3-2-4-13-16(12)30-19(20)25-13/h5-7,12,14-15,26H,2-4,8H2,1H3,(H,23,29)(H,24,28). The van der Waals surface area contributed by atoms with Crippen molar-refractivity contribution in [2.45, 2.75) is 43.8 Å². The normalized spacial score (nSPS) is 23.8. The van der Waals surface area contributed by atoms with Crippen LogP contribution in [0.5, 0.6) is 0 Å². The number of likely N-dealkylation sites (N-methyl/N-ethyl adjacent to an activating group) is 1. The second kappa shape index (κ2) is 9.72. The summed E-state index contributed by atoms with van der Waals surface area (Å²) in [5.74, 6) is -0.987. The molecule has 3 unspecified atom stereocenters. The van der Waals surface area contributed by atoms with Gasteiger partial charge in [-0.1, -0.05) is 11.6 Å². The maximum absolute atomic E-state index is 13.4. The Morgan fingerprint density at radius 1 is 1.39 bits per heavy atom. The SMILES string of the molecule is CN1SNC(C(=O)NC2CCCc3nc(Br)sc32)CC1C(=O)Nc1ccc(F)c(Cl)c1. The molecule has 12 heteroatoms. The molecule has 0 radical (unpaired) electrons. The zero-order valence-corrected chi connectivity index (χ0v) is 20.4. The molecule has 1 aliphatic heterocycles. The van der Waals surface area contributed by atoms with E-state index >= 15 is 0 Å². The number of nitrogens with one attached hydrogen (secondary N) is 3. The predicted molar refractivity (Wildman–Crippen MR) is 124 cm³/mol. The molecule has 2 aliphatic rings. The summed E-state index contributed by atoms with van der Waals surface area (Å²) in [6, 6.07) is 2.86. The minimum Gasteiger partial charge on any atom is -0.347 e. The van der Waals surface area contributed by atoms with E-state index in [9.17, 15) is 14.0 Å². The Bertz CT molecular complexity index is 1010. The number of aryl methyl sites for hydroxylation is 1. The highest BCUT2D eigenvalue weighted by Gasteiger charge is 2.37. The lowest BCUT2D eigenvalue weighted by molar-refractivity contribution is -0.125. The molecule has 3 atom stereocenters. The smallest absolute Gasteiger partial charge is 0.242 e. The van der Waals surface area contributed by atoms with Crippen molar-refractivity contribution in [3.8, 4) is 0 Å². The Labute approximate surface area is 200 Å². The number of benzene rings is 1. The van der Waals surface area contributed by atoms with Crippen molar-refractivity contribution in [2.24, 2.45) is 0 Å². The lowest BCUT2D eigenvalue weighted by Gasteiger charge is -2.35. The van der Waals surface area contributed by atoms with E-state index < -0.39 is 17.9 Å². The zero-order chi connectivity index (χ0) is 22.1. The summed E-state index contributed by atoms with van der Waals surface area (Å²) in [6.07, 6.45) is 3.04. The van der Waals surface area contributed by atoms with E-state index in [-0.39, 0.29) is 22.9 Å². The van der Waals surface area contributed by atoms with Crippen molar-refractivity contribution in [3.05, 3.63) is 43.5 Å². The molecule has 1 fully saturated rings. The molecule has 3 N–H and O–H groups in total. The van der Waals surface area contributed by atoms with Crippen LogP contribution in [0.2, 0.25) is 5.02 Å². The molecule has 2 aromatic rings. The first kappa shape index (κ1) is 22.9. The molecule has 1 aliphatic carbocycles. The van der Waals surface area contributed by atoms with Gasteiger partial charge in [0.2, 0.25) is 11.8 Å². The number of carbonyl (C=O) groups is 2. The van der Waals surface area contributed by atoms with Crippen molar-refractivity contribution in [3.63, 3.8) is 0 Å². The van der Waals surface area contributed by atoms with Gasteiger partial charge in [-0.3, -0.25) is 9.59 Å². The molecule has 0 spiro atoms. The zero-order valence-electron chi connectivity index (χ0n) is 16.5. The summed E-state index contributed by atoms with van der Waals surface area (Å²) in [5.41, 5.74) is 1.44. The number of hydrogen-bond acceptors (Lipinski definition) is 7. The summed E-state index contributed by atoms with van der Waals surface area (Å²) in [7, 11) is 1.77. The van der Waals surface area contributed by atoms with Crippen LogP contribution in [0.15, 0.2) is 22.1 Å². The highest BCUT2D eigenvalue weighted by atomic mass is 79.9. The van der Waals surface area contributed by atoms with Gasteiger partial charge in [-0.05, 0) is 66.9 Å². The number of halogens is 3. The fraction of sp³-hybridized carbons (Fsp3) is 0.421. The average molecular weight is 549 g/mol. The number of thiazole rings is 1. The van der Waals surface area contributed by atoms with Crippen LogP contribution in [0.25, 0.3) is 0 Å². The third-order valence-electron chi connectivity index (χ3n) is 5.28. The first-order chi connectivity index (χ1) is 14.8. The van der Waals surface area contributed by atoms with Crippen LogP contribution >= 0.6 is 51.0 Å². The minimum absolute atomic E-state index is 0.0651. The predicted octanol–water partition coefficient (Wildman–Crippen LogP) is 4.06. The maximum Gasteiger partial charge on any atom is 0.242 e. The number of aromatic nitrogens is 1. The van der Waals surface area contributed by atoms with Gasteiger partial charge < -0.3 is 10.6 Å². The summed E-state index contributed by atoms with van der Waals surface area (Å²) in [4.78, 5) is 31.4. The Hall–Kier alpha value is -1.24. The molecule has 1 aromatic carbocycles. The topological polar surface area (TPSA) is 86.4 Å². The highest BCUT2D eigenvalue weighted by molar-refractivity contribution is 9.11. The van der Waals surface area contributed by atoms with Crippen molar-refractivity contribution in [1.82, 2.24) is 19.3 Å². The van der Waals surface area contributed by atoms with Crippen molar-refractivity contribution in [1.29, 1.82) is 0 Å². The van der Waals surface area contributed by atoms with Gasteiger partial charge in [0.25, 0.3) is 0 Å². The van der Waals surface area contributed by atoms with Crippen LogP contribution in [-0.4, -0.2) is 40.2 Å². The van der Waals surface area contributed by atoms with Gasteiger partial charge >= 0.3 is 0 Å². The molecule has 31 heavy (non-hydrogen) atoms. The van der Waals surface area contributed by atoms with E-state index in [1.54, 1.807) is 22.7 Å². The first-order valence-corrected chi connectivity index (χ1v) is 12.4. The van der Waals surface area contributed by atoms with Gasteiger partial charge in [0.05, 0.1) is 27.7 Å². The Balaban J connectivity index is 1.40. The molecule has 2 heterocycles. The van der Waals surface area contributed by atoms with E-state index in [2.05, 4.69) is 36.3 Å². The Kier molecular flexibility index (Phi) is 7.19. The van der Waals surface area contributed by atoms with Crippen molar-refractivity contribution < 1.29 is 14.0 Å². The quantitative estimate of drug-likeness (QED) is 0.500. The molecule has 4 rings (SSSR count). The van der Waals surface area contributed by atoms with Crippen LogP contribution in [-0.2, 0) is 16.0 Å². The van der Waals surface area contributed by atoms with E-state index in [4.69, 9.17) is 11.6 Å². The van der Waals surface area contributed by atoms with E-state index in [1.165, 1.54) is 30.3 Å². The second-order valence-electron chi connectivity index (χ2n) is 7.41. The third-order valence-corrected chi connectivity index (χ3v) is 8.17. The molecular weight excluding hydrogens is 529 g/mol. The van der Waals surface area contributed by atoms with Crippen LogP contribution in [0.3, 0.4) is 0 Å². The Morgan fingerprint density at radius 2 is 2.19 bits per heavy atom.